The molecule has 0 spiro atoms. The van der Waals surface area contributed by atoms with Crippen molar-refractivity contribution in [3.05, 3.63) is 57.5 Å². The molecular weight excluding hydrogens is 366 g/mol. The smallest absolute Gasteiger partial charge is 0.224 e. The fourth-order valence-corrected chi connectivity index (χ4v) is 2.43. The zero-order chi connectivity index (χ0) is 15.9. The van der Waals surface area contributed by atoms with E-state index in [1.54, 1.807) is 6.07 Å². The molecule has 2 rings (SSSR count). The quantitative estimate of drug-likeness (QED) is 0.697. The van der Waals surface area contributed by atoms with Crippen LogP contribution in [0, 0.1) is 6.92 Å². The van der Waals surface area contributed by atoms with Crippen LogP contribution in [0.1, 0.15) is 18.4 Å². The molecule has 1 amide bonds. The van der Waals surface area contributed by atoms with E-state index >= 15 is 0 Å². The summed E-state index contributed by atoms with van der Waals surface area (Å²) in [5, 5.41) is 3.48. The van der Waals surface area contributed by atoms with Crippen LogP contribution < -0.4 is 10.1 Å². The number of hydrogen-bond donors (Lipinski definition) is 1. The summed E-state index contributed by atoms with van der Waals surface area (Å²) in [4.78, 5) is 11.9. The maximum absolute atomic E-state index is 11.9. The molecule has 0 fully saturated rings. The van der Waals surface area contributed by atoms with Crippen molar-refractivity contribution in [2.75, 3.05) is 11.9 Å². The van der Waals surface area contributed by atoms with Gasteiger partial charge in [0.05, 0.1) is 6.61 Å². The number of aryl methyl sites for hydroxylation is 1. The van der Waals surface area contributed by atoms with Crippen LogP contribution in [-0.2, 0) is 4.79 Å². The number of anilines is 1. The molecule has 116 valence electrons. The molecule has 0 heterocycles. The van der Waals surface area contributed by atoms with Crippen LogP contribution in [0.4, 0.5) is 5.69 Å². The Kier molecular flexibility index (Phi) is 6.28. The highest BCUT2D eigenvalue weighted by atomic mass is 79.9. The molecule has 0 radical (unpaired) electrons. The number of hydrogen-bond acceptors (Lipinski definition) is 2. The first-order valence-corrected chi connectivity index (χ1v) is 8.16. The second-order valence-corrected chi connectivity index (χ2v) is 6.24. The Labute approximate surface area is 143 Å². The topological polar surface area (TPSA) is 38.3 Å². The van der Waals surface area contributed by atoms with Gasteiger partial charge < -0.3 is 10.1 Å². The lowest BCUT2D eigenvalue weighted by molar-refractivity contribution is -0.116. The lowest BCUT2D eigenvalue weighted by atomic mass is 10.2. The first-order valence-electron chi connectivity index (χ1n) is 6.99. The molecule has 0 unspecified atom stereocenters. The van der Waals surface area contributed by atoms with E-state index in [1.807, 2.05) is 43.3 Å². The molecule has 5 heteroatoms. The first-order chi connectivity index (χ1) is 10.5. The van der Waals surface area contributed by atoms with E-state index in [0.29, 0.717) is 30.2 Å². The molecule has 0 saturated heterocycles. The van der Waals surface area contributed by atoms with Gasteiger partial charge in [-0.3, -0.25) is 4.79 Å². The van der Waals surface area contributed by atoms with Crippen LogP contribution in [0.5, 0.6) is 5.75 Å². The lowest BCUT2D eigenvalue weighted by Gasteiger charge is -2.08. The summed E-state index contributed by atoms with van der Waals surface area (Å²) in [6.45, 7) is 2.42. The van der Waals surface area contributed by atoms with Gasteiger partial charge in [0, 0.05) is 21.6 Å². The zero-order valence-corrected chi connectivity index (χ0v) is 14.6. The number of carbonyl (C=O) groups excluding carboxylic acids is 1. The van der Waals surface area contributed by atoms with E-state index in [2.05, 4.69) is 21.2 Å². The van der Waals surface area contributed by atoms with Crippen molar-refractivity contribution in [3.63, 3.8) is 0 Å². The Morgan fingerprint density at radius 3 is 2.82 bits per heavy atom. The van der Waals surface area contributed by atoms with Crippen LogP contribution in [-0.4, -0.2) is 12.5 Å². The Morgan fingerprint density at radius 1 is 1.27 bits per heavy atom. The van der Waals surface area contributed by atoms with Gasteiger partial charge in [-0.05, 0) is 49.2 Å². The molecule has 1 N–H and O–H groups in total. The summed E-state index contributed by atoms with van der Waals surface area (Å²) in [5.74, 6) is 0.748. The third-order valence-corrected chi connectivity index (χ3v) is 3.97. The van der Waals surface area contributed by atoms with Crippen molar-refractivity contribution < 1.29 is 9.53 Å². The Hall–Kier alpha value is -1.52. The van der Waals surface area contributed by atoms with Gasteiger partial charge in [-0.1, -0.05) is 39.7 Å². The molecule has 0 aromatic heterocycles. The van der Waals surface area contributed by atoms with Gasteiger partial charge in [0.1, 0.15) is 5.75 Å². The van der Waals surface area contributed by atoms with Gasteiger partial charge in [-0.15, -0.1) is 0 Å². The van der Waals surface area contributed by atoms with E-state index in [4.69, 9.17) is 16.3 Å². The highest BCUT2D eigenvalue weighted by Crippen LogP contribution is 2.20. The molecule has 0 bridgehead atoms. The maximum Gasteiger partial charge on any atom is 0.224 e. The normalized spacial score (nSPS) is 10.3. The van der Waals surface area contributed by atoms with Crippen molar-refractivity contribution in [2.24, 2.45) is 0 Å². The summed E-state index contributed by atoms with van der Waals surface area (Å²) in [5.41, 5.74) is 1.70. The van der Waals surface area contributed by atoms with E-state index in [1.165, 1.54) is 0 Å². The first kappa shape index (κ1) is 16.8. The number of halogens is 2. The number of ether oxygens (including phenoxy) is 1. The monoisotopic (exact) mass is 381 g/mol. The third-order valence-electron chi connectivity index (χ3n) is 3.07. The van der Waals surface area contributed by atoms with Crippen molar-refractivity contribution in [1.82, 2.24) is 0 Å². The molecular formula is C17H17BrClNO2. The van der Waals surface area contributed by atoms with Crippen LogP contribution in [0.3, 0.4) is 0 Å². The minimum Gasteiger partial charge on any atom is -0.494 e. The summed E-state index contributed by atoms with van der Waals surface area (Å²) >= 11 is 9.42. The summed E-state index contributed by atoms with van der Waals surface area (Å²) in [6, 6.07) is 13.1. The summed E-state index contributed by atoms with van der Waals surface area (Å²) in [7, 11) is 0. The van der Waals surface area contributed by atoms with Crippen LogP contribution in [0.15, 0.2) is 46.9 Å². The van der Waals surface area contributed by atoms with Gasteiger partial charge >= 0.3 is 0 Å². The third kappa shape index (κ3) is 5.35. The van der Waals surface area contributed by atoms with Gasteiger partial charge in [-0.2, -0.15) is 0 Å². The SMILES string of the molecule is Cc1ccc(NC(=O)CCCOc2cccc(Br)c2)cc1Cl. The highest BCUT2D eigenvalue weighted by molar-refractivity contribution is 9.10. The average molecular weight is 383 g/mol. The number of nitrogens with one attached hydrogen (secondary N) is 1. The largest absolute Gasteiger partial charge is 0.494 e. The molecule has 0 atom stereocenters. The Bertz CT molecular complexity index is 661. The predicted molar refractivity (Wildman–Crippen MR) is 93.7 cm³/mol. The van der Waals surface area contributed by atoms with E-state index in [9.17, 15) is 4.79 Å². The summed E-state index contributed by atoms with van der Waals surface area (Å²) < 4.78 is 6.56. The maximum atomic E-state index is 11.9. The second-order valence-electron chi connectivity index (χ2n) is 4.92. The van der Waals surface area contributed by atoms with Crippen LogP contribution in [0.2, 0.25) is 5.02 Å². The van der Waals surface area contributed by atoms with Crippen molar-refractivity contribution in [1.29, 1.82) is 0 Å². The van der Waals surface area contributed by atoms with Gasteiger partial charge in [0.15, 0.2) is 0 Å². The number of carbonyl (C=O) groups is 1. The molecule has 3 nitrogen and oxygen atoms in total. The van der Waals surface area contributed by atoms with Gasteiger partial charge in [0.25, 0.3) is 0 Å². The minimum absolute atomic E-state index is 0.0437. The van der Waals surface area contributed by atoms with Crippen molar-refractivity contribution in [2.45, 2.75) is 19.8 Å². The Balaban J connectivity index is 1.72. The Morgan fingerprint density at radius 2 is 2.09 bits per heavy atom. The molecule has 0 aliphatic carbocycles. The van der Waals surface area contributed by atoms with Crippen LogP contribution in [0.25, 0.3) is 0 Å². The second kappa shape index (κ2) is 8.20. The van der Waals surface area contributed by atoms with E-state index in [-0.39, 0.29) is 5.91 Å². The molecule has 2 aromatic carbocycles. The fourth-order valence-electron chi connectivity index (χ4n) is 1.87. The standard InChI is InChI=1S/C17H17BrClNO2/c1-12-7-8-14(11-16(12)19)20-17(21)6-3-9-22-15-5-2-4-13(18)10-15/h2,4-5,7-8,10-11H,3,6,9H2,1H3,(H,20,21). The molecule has 0 saturated carbocycles. The van der Waals surface area contributed by atoms with Gasteiger partial charge in [-0.25, -0.2) is 0 Å². The number of benzene rings is 2. The highest BCUT2D eigenvalue weighted by Gasteiger charge is 2.04. The van der Waals surface area contributed by atoms with Crippen molar-refractivity contribution in [3.8, 4) is 5.75 Å². The number of rotatable bonds is 6. The summed E-state index contributed by atoms with van der Waals surface area (Å²) in [6.07, 6.45) is 1.05. The fraction of sp³-hybridized carbons (Fsp3) is 0.235. The predicted octanol–water partition coefficient (Wildman–Crippen LogP) is 5.21. The molecule has 22 heavy (non-hydrogen) atoms. The molecule has 0 aliphatic heterocycles. The van der Waals surface area contributed by atoms with Crippen LogP contribution >= 0.6 is 27.5 Å². The lowest BCUT2D eigenvalue weighted by Crippen LogP contribution is -2.12. The van der Waals surface area contributed by atoms with Crippen molar-refractivity contribution >= 4 is 39.1 Å². The minimum atomic E-state index is -0.0437. The van der Waals surface area contributed by atoms with Gasteiger partial charge in [0.2, 0.25) is 5.91 Å². The zero-order valence-electron chi connectivity index (χ0n) is 12.2. The average Bonchev–Trinajstić information content (AvgIpc) is 2.48. The number of amides is 1. The molecule has 2 aromatic rings. The molecule has 0 aliphatic rings. The van der Waals surface area contributed by atoms with E-state index < -0.39 is 0 Å². The van der Waals surface area contributed by atoms with E-state index in [0.717, 1.165) is 15.8 Å².